The molecule has 35 heavy (non-hydrogen) atoms. The lowest BCUT2D eigenvalue weighted by molar-refractivity contribution is 0.446. The van der Waals surface area contributed by atoms with Crippen molar-refractivity contribution in [2.24, 2.45) is 0 Å². The van der Waals surface area contributed by atoms with Crippen molar-refractivity contribution in [1.29, 1.82) is 0 Å². The molecule has 1 atom stereocenters. The Morgan fingerprint density at radius 3 is 2.26 bits per heavy atom. The normalized spacial score (nSPS) is 11.8. The van der Waals surface area contributed by atoms with Gasteiger partial charge in [-0.3, -0.25) is 0 Å². The van der Waals surface area contributed by atoms with Gasteiger partial charge in [0.2, 0.25) is 0 Å². The molecule has 0 aliphatic carbocycles. The third kappa shape index (κ3) is 5.57. The summed E-state index contributed by atoms with van der Waals surface area (Å²) in [5, 5.41) is 1.19. The van der Waals surface area contributed by atoms with Crippen LogP contribution in [-0.2, 0) is 12.8 Å². The lowest BCUT2D eigenvalue weighted by Gasteiger charge is -2.16. The van der Waals surface area contributed by atoms with Crippen molar-refractivity contribution < 1.29 is 17.6 Å². The van der Waals surface area contributed by atoms with E-state index in [9.17, 15) is 13.2 Å². The molecule has 0 N–H and O–H groups in total. The van der Waals surface area contributed by atoms with Crippen molar-refractivity contribution in [2.45, 2.75) is 45.4 Å². The van der Waals surface area contributed by atoms with Crippen LogP contribution in [0.25, 0.3) is 10.8 Å². The number of benzene rings is 4. The summed E-state index contributed by atoms with van der Waals surface area (Å²) in [6, 6.07) is 19.1. The molecule has 4 heteroatoms. The maximum absolute atomic E-state index is 15.1. The fourth-order valence-electron chi connectivity index (χ4n) is 4.47. The average molecular weight is 475 g/mol. The first-order valence-electron chi connectivity index (χ1n) is 11.8. The Hall–Kier alpha value is -3.58. The summed E-state index contributed by atoms with van der Waals surface area (Å²) in [5.41, 5.74) is 3.90. The van der Waals surface area contributed by atoms with Gasteiger partial charge in [-0.25, -0.2) is 17.6 Å². The van der Waals surface area contributed by atoms with Crippen molar-refractivity contribution >= 4 is 10.8 Å². The molecule has 4 aromatic rings. The van der Waals surface area contributed by atoms with Crippen LogP contribution in [-0.4, -0.2) is 0 Å². The summed E-state index contributed by atoms with van der Waals surface area (Å²) in [4.78, 5) is 0. The van der Waals surface area contributed by atoms with E-state index in [4.69, 9.17) is 0 Å². The van der Waals surface area contributed by atoms with Gasteiger partial charge in [0.25, 0.3) is 0 Å². The fraction of sp³-hybridized carbons (Fsp3) is 0.226. The second-order valence-electron chi connectivity index (χ2n) is 8.88. The highest BCUT2D eigenvalue weighted by Crippen LogP contribution is 2.27. The topological polar surface area (TPSA) is 0 Å². The quantitative estimate of drug-likeness (QED) is 0.149. The van der Waals surface area contributed by atoms with Crippen LogP contribution in [0.5, 0.6) is 0 Å². The van der Waals surface area contributed by atoms with E-state index in [-0.39, 0.29) is 11.1 Å². The smallest absolute Gasteiger partial charge is 0.194 e. The third-order valence-corrected chi connectivity index (χ3v) is 6.33. The van der Waals surface area contributed by atoms with Crippen LogP contribution in [0.1, 0.15) is 60.4 Å². The molecule has 4 aromatic carbocycles. The van der Waals surface area contributed by atoms with Crippen molar-refractivity contribution in [2.75, 3.05) is 0 Å². The van der Waals surface area contributed by atoms with Gasteiger partial charge >= 0.3 is 0 Å². The Bertz CT molecular complexity index is 1400. The summed E-state index contributed by atoms with van der Waals surface area (Å²) >= 11 is 0. The predicted octanol–water partition coefficient (Wildman–Crippen LogP) is 8.48. The first-order valence-corrected chi connectivity index (χ1v) is 11.8. The second kappa shape index (κ2) is 10.8. The van der Waals surface area contributed by atoms with Crippen molar-refractivity contribution in [3.63, 3.8) is 0 Å². The second-order valence-corrected chi connectivity index (χ2v) is 8.88. The summed E-state index contributed by atoms with van der Waals surface area (Å²) in [5.74, 6) is 0.921. The van der Waals surface area contributed by atoms with E-state index in [2.05, 4.69) is 50.0 Å². The van der Waals surface area contributed by atoms with E-state index in [0.717, 1.165) is 48.8 Å². The first kappa shape index (κ1) is 24.5. The largest absolute Gasteiger partial charge is 0.205 e. The van der Waals surface area contributed by atoms with Gasteiger partial charge in [0.05, 0.1) is 5.56 Å². The van der Waals surface area contributed by atoms with E-state index in [0.29, 0.717) is 11.3 Å². The van der Waals surface area contributed by atoms with Crippen LogP contribution in [0.2, 0.25) is 0 Å². The summed E-state index contributed by atoms with van der Waals surface area (Å²) < 4.78 is 55.0. The molecule has 0 radical (unpaired) electrons. The molecule has 0 heterocycles. The number of hydrogen-bond donors (Lipinski definition) is 0. The fourth-order valence-corrected chi connectivity index (χ4v) is 4.47. The monoisotopic (exact) mass is 474 g/mol. The highest BCUT2D eigenvalue weighted by Gasteiger charge is 2.12. The lowest BCUT2D eigenvalue weighted by atomic mass is 9.89. The van der Waals surface area contributed by atoms with Gasteiger partial charge in [-0.1, -0.05) is 80.6 Å². The van der Waals surface area contributed by atoms with E-state index in [1.807, 2.05) is 12.1 Å². The Labute approximate surface area is 203 Å². The molecule has 0 nitrogen and oxygen atoms in total. The molecule has 0 bridgehead atoms. The molecule has 178 valence electrons. The Balaban J connectivity index is 1.55. The van der Waals surface area contributed by atoms with Gasteiger partial charge in [0, 0.05) is 10.9 Å². The Morgan fingerprint density at radius 2 is 1.51 bits per heavy atom. The van der Waals surface area contributed by atoms with Crippen LogP contribution in [0, 0.1) is 35.1 Å². The van der Waals surface area contributed by atoms with Gasteiger partial charge < -0.3 is 0 Å². The Kier molecular flexibility index (Phi) is 7.56. The zero-order chi connectivity index (χ0) is 24.9. The van der Waals surface area contributed by atoms with Gasteiger partial charge in [-0.2, -0.15) is 0 Å². The van der Waals surface area contributed by atoms with Crippen LogP contribution >= 0.6 is 0 Å². The number of halogens is 4. The number of fused-ring (bicyclic) bond motifs is 1. The van der Waals surface area contributed by atoms with Crippen LogP contribution < -0.4 is 0 Å². The number of hydrogen-bond acceptors (Lipinski definition) is 0. The number of rotatable bonds is 6. The molecule has 0 aliphatic rings. The molecule has 0 aliphatic heterocycles. The standard InChI is InChI=1S/C31H26F4/c1-3-6-20(2)26-8-5-4-7-23(26)12-9-21-11-16-27-25(17-21)15-14-24(30(27)34)13-10-22-18-28(32)31(35)29(33)19-22/h4-5,7-8,11,14-20H,3,6,9,12H2,1-2H3. The minimum Gasteiger partial charge on any atom is -0.205 e. The predicted molar refractivity (Wildman–Crippen MR) is 133 cm³/mol. The van der Waals surface area contributed by atoms with E-state index < -0.39 is 23.3 Å². The zero-order valence-corrected chi connectivity index (χ0v) is 19.8. The molecule has 0 amide bonds. The van der Waals surface area contributed by atoms with Crippen LogP contribution in [0.3, 0.4) is 0 Å². The number of aryl methyl sites for hydroxylation is 2. The molecule has 1 unspecified atom stereocenters. The minimum absolute atomic E-state index is 0.0650. The lowest BCUT2D eigenvalue weighted by Crippen LogP contribution is -2.01. The molecule has 0 saturated heterocycles. The summed E-state index contributed by atoms with van der Waals surface area (Å²) in [6.07, 6.45) is 4.06. The molecule has 0 spiro atoms. The van der Waals surface area contributed by atoms with Gasteiger partial charge in [0.1, 0.15) is 5.82 Å². The van der Waals surface area contributed by atoms with Gasteiger partial charge in [-0.05, 0) is 65.5 Å². The van der Waals surface area contributed by atoms with Gasteiger partial charge in [-0.15, -0.1) is 0 Å². The molecule has 0 fully saturated rings. The van der Waals surface area contributed by atoms with Crippen molar-refractivity contribution in [3.05, 3.63) is 118 Å². The van der Waals surface area contributed by atoms with Crippen molar-refractivity contribution in [1.82, 2.24) is 0 Å². The zero-order valence-electron chi connectivity index (χ0n) is 19.8. The molecule has 0 aromatic heterocycles. The summed E-state index contributed by atoms with van der Waals surface area (Å²) in [6.45, 7) is 4.47. The highest BCUT2D eigenvalue weighted by atomic mass is 19.2. The van der Waals surface area contributed by atoms with Gasteiger partial charge in [0.15, 0.2) is 17.5 Å². The average Bonchev–Trinajstić information content (AvgIpc) is 2.86. The summed E-state index contributed by atoms with van der Waals surface area (Å²) in [7, 11) is 0. The Morgan fingerprint density at radius 1 is 0.771 bits per heavy atom. The van der Waals surface area contributed by atoms with Crippen molar-refractivity contribution in [3.8, 4) is 11.8 Å². The molecular weight excluding hydrogens is 448 g/mol. The highest BCUT2D eigenvalue weighted by molar-refractivity contribution is 5.85. The van der Waals surface area contributed by atoms with E-state index in [1.165, 1.54) is 11.1 Å². The maximum atomic E-state index is 15.1. The van der Waals surface area contributed by atoms with Crippen LogP contribution in [0.15, 0.2) is 66.7 Å². The SMILES string of the molecule is CCCC(C)c1ccccc1CCc1ccc2c(F)c(C#Cc3cc(F)c(F)c(F)c3)ccc2c1. The van der Waals surface area contributed by atoms with E-state index >= 15 is 4.39 Å². The maximum Gasteiger partial charge on any atom is 0.194 e. The molecule has 0 saturated carbocycles. The third-order valence-electron chi connectivity index (χ3n) is 6.33. The molecule has 4 rings (SSSR count). The van der Waals surface area contributed by atoms with Crippen LogP contribution in [0.4, 0.5) is 17.6 Å². The molecular formula is C31H26F4. The minimum atomic E-state index is -1.55. The first-order chi connectivity index (χ1) is 16.9. The van der Waals surface area contributed by atoms with E-state index in [1.54, 1.807) is 18.2 Å².